The van der Waals surface area contributed by atoms with Crippen LogP contribution in [0.3, 0.4) is 0 Å². The Kier molecular flexibility index (Phi) is 7.70. The number of likely N-dealkylation sites (N-methyl/N-ethyl adjacent to an activating group) is 1. The topological polar surface area (TPSA) is 61.4 Å². The van der Waals surface area contributed by atoms with Gasteiger partial charge in [0.1, 0.15) is 0 Å². The van der Waals surface area contributed by atoms with Crippen LogP contribution in [-0.4, -0.2) is 38.0 Å². The average Bonchev–Trinajstić information content (AvgIpc) is 2.84. The zero-order valence-corrected chi connectivity index (χ0v) is 15.8. The fourth-order valence-corrected chi connectivity index (χ4v) is 3.29. The highest BCUT2D eigenvalue weighted by Gasteiger charge is 2.36. The van der Waals surface area contributed by atoms with E-state index >= 15 is 0 Å². The largest absolute Gasteiger partial charge is 0.355 e. The first-order chi connectivity index (χ1) is 10.9. The van der Waals surface area contributed by atoms with Gasteiger partial charge in [0, 0.05) is 31.7 Å². The van der Waals surface area contributed by atoms with Gasteiger partial charge in [-0.05, 0) is 38.4 Å². The second kappa shape index (κ2) is 9.04. The van der Waals surface area contributed by atoms with Crippen LogP contribution in [0.1, 0.15) is 30.0 Å². The van der Waals surface area contributed by atoms with Crippen molar-refractivity contribution < 1.29 is 9.59 Å². The highest BCUT2D eigenvalue weighted by molar-refractivity contribution is 6.01. The minimum absolute atomic E-state index is 0. The van der Waals surface area contributed by atoms with Crippen LogP contribution in [0.2, 0.25) is 0 Å². The molecule has 0 aliphatic carbocycles. The van der Waals surface area contributed by atoms with E-state index in [1.54, 1.807) is 4.90 Å². The van der Waals surface area contributed by atoms with Gasteiger partial charge in [0.05, 0.1) is 5.92 Å². The number of amides is 2. The molecule has 1 aromatic carbocycles. The van der Waals surface area contributed by atoms with Gasteiger partial charge in [0.15, 0.2) is 0 Å². The Labute approximate surface area is 150 Å². The van der Waals surface area contributed by atoms with Gasteiger partial charge in [-0.1, -0.05) is 24.6 Å². The van der Waals surface area contributed by atoms with E-state index in [0.717, 1.165) is 29.9 Å². The molecule has 1 aromatic rings. The molecule has 0 bridgehead atoms. The average molecular weight is 354 g/mol. The van der Waals surface area contributed by atoms with E-state index in [-0.39, 0.29) is 30.1 Å². The van der Waals surface area contributed by atoms with Crippen molar-refractivity contribution in [3.8, 4) is 0 Å². The Morgan fingerprint density at radius 1 is 1.21 bits per heavy atom. The third kappa shape index (κ3) is 4.71. The number of nitrogens with one attached hydrogen (secondary N) is 2. The van der Waals surface area contributed by atoms with Crippen LogP contribution in [0, 0.1) is 26.7 Å². The Morgan fingerprint density at radius 3 is 2.42 bits per heavy atom. The molecular weight excluding hydrogens is 326 g/mol. The van der Waals surface area contributed by atoms with Gasteiger partial charge in [-0.15, -0.1) is 12.4 Å². The molecule has 0 aromatic heterocycles. The van der Waals surface area contributed by atoms with E-state index in [9.17, 15) is 9.59 Å². The van der Waals surface area contributed by atoms with Gasteiger partial charge >= 0.3 is 0 Å². The van der Waals surface area contributed by atoms with Gasteiger partial charge in [0.2, 0.25) is 11.8 Å². The first-order valence-electron chi connectivity index (χ1n) is 8.30. The van der Waals surface area contributed by atoms with Gasteiger partial charge in [-0.25, -0.2) is 0 Å². The van der Waals surface area contributed by atoms with Crippen molar-refractivity contribution >= 4 is 29.9 Å². The van der Waals surface area contributed by atoms with Crippen LogP contribution in [0.5, 0.6) is 0 Å². The van der Waals surface area contributed by atoms with E-state index in [1.165, 1.54) is 5.56 Å². The monoisotopic (exact) mass is 353 g/mol. The Bertz CT molecular complexity index is 581. The Morgan fingerprint density at radius 2 is 1.83 bits per heavy atom. The molecule has 1 aliphatic rings. The standard InChI is InChI=1S/C18H27N3O2.ClH/c1-5-19-6-7-20-18(23)15-10-16(22)21(11-15)17-13(3)8-12(2)9-14(17)4;/h8-9,15,19H,5-7,10-11H2,1-4H3,(H,20,23);1H. The quantitative estimate of drug-likeness (QED) is 0.770. The fourth-order valence-electron chi connectivity index (χ4n) is 3.29. The number of rotatable bonds is 6. The molecule has 6 heteroatoms. The first-order valence-corrected chi connectivity index (χ1v) is 8.30. The van der Waals surface area contributed by atoms with Gasteiger partial charge < -0.3 is 15.5 Å². The zero-order valence-electron chi connectivity index (χ0n) is 14.9. The zero-order chi connectivity index (χ0) is 17.0. The van der Waals surface area contributed by atoms with Crippen molar-refractivity contribution in [3.05, 3.63) is 28.8 Å². The van der Waals surface area contributed by atoms with Gasteiger partial charge in [-0.2, -0.15) is 0 Å². The maximum Gasteiger partial charge on any atom is 0.227 e. The Hall–Kier alpha value is -1.59. The molecule has 1 saturated heterocycles. The molecule has 0 radical (unpaired) electrons. The lowest BCUT2D eigenvalue weighted by Crippen LogP contribution is -2.37. The summed E-state index contributed by atoms with van der Waals surface area (Å²) in [4.78, 5) is 26.4. The molecule has 1 unspecified atom stereocenters. The lowest BCUT2D eigenvalue weighted by atomic mass is 10.0. The molecule has 2 amide bonds. The molecule has 2 rings (SSSR count). The third-order valence-electron chi connectivity index (χ3n) is 4.25. The molecule has 5 nitrogen and oxygen atoms in total. The fraction of sp³-hybridized carbons (Fsp3) is 0.556. The Balaban J connectivity index is 0.00000288. The molecule has 24 heavy (non-hydrogen) atoms. The van der Waals surface area contributed by atoms with Crippen LogP contribution < -0.4 is 15.5 Å². The summed E-state index contributed by atoms with van der Waals surface area (Å²) in [6.07, 6.45) is 0.291. The van der Waals surface area contributed by atoms with Crippen LogP contribution in [0.4, 0.5) is 5.69 Å². The van der Waals surface area contributed by atoms with Crippen LogP contribution in [0.15, 0.2) is 12.1 Å². The molecule has 1 heterocycles. The van der Waals surface area contributed by atoms with Crippen molar-refractivity contribution in [1.82, 2.24) is 10.6 Å². The minimum Gasteiger partial charge on any atom is -0.355 e. The summed E-state index contributed by atoms with van der Waals surface area (Å²) in [5.41, 5.74) is 4.32. The van der Waals surface area contributed by atoms with Crippen molar-refractivity contribution in [2.75, 3.05) is 31.1 Å². The second-order valence-electron chi connectivity index (χ2n) is 6.30. The second-order valence-corrected chi connectivity index (χ2v) is 6.30. The van der Waals surface area contributed by atoms with Gasteiger partial charge in [-0.3, -0.25) is 9.59 Å². The summed E-state index contributed by atoms with van der Waals surface area (Å²) in [6.45, 7) is 10.8. The number of halogens is 1. The molecule has 0 spiro atoms. The number of hydrogen-bond acceptors (Lipinski definition) is 3. The van der Waals surface area contributed by atoms with E-state index in [1.807, 2.05) is 20.8 Å². The SMILES string of the molecule is CCNCCNC(=O)C1CC(=O)N(c2c(C)cc(C)cc2C)C1.Cl. The molecular formula is C18H28ClN3O2. The summed E-state index contributed by atoms with van der Waals surface area (Å²) >= 11 is 0. The summed E-state index contributed by atoms with van der Waals surface area (Å²) in [5.74, 6) is -0.253. The van der Waals surface area contributed by atoms with Crippen LogP contribution >= 0.6 is 12.4 Å². The number of hydrogen-bond donors (Lipinski definition) is 2. The van der Waals surface area contributed by atoms with Crippen molar-refractivity contribution in [3.63, 3.8) is 0 Å². The van der Waals surface area contributed by atoms with Gasteiger partial charge in [0.25, 0.3) is 0 Å². The van der Waals surface area contributed by atoms with E-state index in [2.05, 4.69) is 29.7 Å². The van der Waals surface area contributed by atoms with Crippen LogP contribution in [0.25, 0.3) is 0 Å². The number of carbonyl (C=O) groups is 2. The molecule has 2 N–H and O–H groups in total. The molecule has 1 fully saturated rings. The summed E-state index contributed by atoms with van der Waals surface area (Å²) < 4.78 is 0. The molecule has 134 valence electrons. The third-order valence-corrected chi connectivity index (χ3v) is 4.25. The van der Waals surface area contributed by atoms with E-state index in [4.69, 9.17) is 0 Å². The molecule has 1 aliphatic heterocycles. The summed E-state index contributed by atoms with van der Waals surface area (Å²) in [5, 5.41) is 6.08. The molecule has 1 atom stereocenters. The van der Waals surface area contributed by atoms with E-state index < -0.39 is 0 Å². The number of aryl methyl sites for hydroxylation is 3. The predicted molar refractivity (Wildman–Crippen MR) is 99.9 cm³/mol. The normalized spacial score (nSPS) is 16.9. The maximum absolute atomic E-state index is 12.4. The van der Waals surface area contributed by atoms with Crippen molar-refractivity contribution in [2.24, 2.45) is 5.92 Å². The number of nitrogens with zero attached hydrogens (tertiary/aromatic N) is 1. The van der Waals surface area contributed by atoms with Crippen LogP contribution in [-0.2, 0) is 9.59 Å². The summed E-state index contributed by atoms with van der Waals surface area (Å²) in [6, 6.07) is 4.17. The smallest absolute Gasteiger partial charge is 0.227 e. The molecule has 0 saturated carbocycles. The maximum atomic E-state index is 12.4. The van der Waals surface area contributed by atoms with Crippen molar-refractivity contribution in [1.29, 1.82) is 0 Å². The minimum atomic E-state index is -0.260. The number of carbonyl (C=O) groups excluding carboxylic acids is 2. The lowest BCUT2D eigenvalue weighted by molar-refractivity contribution is -0.126. The lowest BCUT2D eigenvalue weighted by Gasteiger charge is -2.22. The van der Waals surface area contributed by atoms with Crippen molar-refractivity contribution in [2.45, 2.75) is 34.1 Å². The highest BCUT2D eigenvalue weighted by atomic mass is 35.5. The summed E-state index contributed by atoms with van der Waals surface area (Å²) in [7, 11) is 0. The van der Waals surface area contributed by atoms with E-state index in [0.29, 0.717) is 19.5 Å². The first kappa shape index (κ1) is 20.5. The highest BCUT2D eigenvalue weighted by Crippen LogP contribution is 2.31. The number of benzene rings is 1. The predicted octanol–water partition coefficient (Wildman–Crippen LogP) is 2.11. The number of anilines is 1.